The van der Waals surface area contributed by atoms with Gasteiger partial charge in [-0.1, -0.05) is 112 Å². The Bertz CT molecular complexity index is 237. The Balaban J connectivity index is 2.95. The molecular weight excluding hydrogens is 374 g/mol. The minimum Gasteiger partial charge on any atom is -0.371 e. The number of unbranched alkanes of at least 4 members (excludes halogenated alkanes) is 14. The second-order valence-corrected chi connectivity index (χ2v) is 8.18. The number of thiocarbonyl (C=S) groups is 1. The van der Waals surface area contributed by atoms with Gasteiger partial charge in [0.05, 0.1) is 0 Å². The predicted molar refractivity (Wildman–Crippen MR) is 113 cm³/mol. The summed E-state index contributed by atoms with van der Waals surface area (Å²) in [6, 6.07) is 0. The van der Waals surface area contributed by atoms with Crippen LogP contribution in [0.2, 0.25) is 0 Å². The number of alkyl halides is 1. The third-order valence-electron chi connectivity index (χ3n) is 4.09. The molecule has 0 aromatic heterocycles. The SMILES string of the molecule is S=C(S)NCCCCCCCCCCCCCCCCCBr. The highest BCUT2D eigenvalue weighted by Gasteiger charge is 1.94. The van der Waals surface area contributed by atoms with Gasteiger partial charge in [0.15, 0.2) is 0 Å². The van der Waals surface area contributed by atoms with Crippen molar-refractivity contribution in [1.82, 2.24) is 5.32 Å². The van der Waals surface area contributed by atoms with Crippen LogP contribution in [0.5, 0.6) is 0 Å². The van der Waals surface area contributed by atoms with Crippen LogP contribution in [0.25, 0.3) is 0 Å². The molecule has 0 aliphatic rings. The lowest BCUT2D eigenvalue weighted by Gasteiger charge is -2.04. The van der Waals surface area contributed by atoms with E-state index in [9.17, 15) is 0 Å². The quantitative estimate of drug-likeness (QED) is 0.115. The van der Waals surface area contributed by atoms with Gasteiger partial charge in [-0.3, -0.25) is 0 Å². The predicted octanol–water partition coefficient (Wildman–Crippen LogP) is 7.04. The van der Waals surface area contributed by atoms with E-state index in [0.29, 0.717) is 4.32 Å². The molecule has 0 saturated carbocycles. The molecule has 132 valence electrons. The fourth-order valence-corrected chi connectivity index (χ4v) is 3.32. The van der Waals surface area contributed by atoms with E-state index in [4.69, 9.17) is 12.2 Å². The van der Waals surface area contributed by atoms with Crippen LogP contribution >= 0.6 is 40.8 Å². The molecule has 0 aromatic rings. The van der Waals surface area contributed by atoms with Crippen LogP contribution < -0.4 is 5.32 Å². The molecule has 0 bridgehead atoms. The monoisotopic (exact) mass is 409 g/mol. The highest BCUT2D eigenvalue weighted by atomic mass is 79.9. The van der Waals surface area contributed by atoms with Crippen LogP contribution in [0.1, 0.15) is 96.3 Å². The van der Waals surface area contributed by atoms with E-state index < -0.39 is 0 Å². The molecule has 0 aliphatic carbocycles. The zero-order valence-corrected chi connectivity index (χ0v) is 17.6. The molecular formula is C18H36BrNS2. The summed E-state index contributed by atoms with van der Waals surface area (Å²) in [6.07, 6.45) is 21.0. The first-order valence-electron chi connectivity index (χ1n) is 9.30. The van der Waals surface area contributed by atoms with Crippen LogP contribution in [-0.4, -0.2) is 16.2 Å². The van der Waals surface area contributed by atoms with E-state index in [1.165, 1.54) is 102 Å². The topological polar surface area (TPSA) is 12.0 Å². The average molecular weight is 411 g/mol. The molecule has 22 heavy (non-hydrogen) atoms. The maximum absolute atomic E-state index is 4.86. The van der Waals surface area contributed by atoms with E-state index in [2.05, 4.69) is 33.9 Å². The van der Waals surface area contributed by atoms with Gasteiger partial charge in [-0.2, -0.15) is 0 Å². The number of halogens is 1. The molecule has 0 spiro atoms. The fourth-order valence-electron chi connectivity index (χ4n) is 2.71. The van der Waals surface area contributed by atoms with Gasteiger partial charge in [-0.15, -0.1) is 12.6 Å². The van der Waals surface area contributed by atoms with Gasteiger partial charge in [-0.05, 0) is 12.8 Å². The molecule has 1 nitrogen and oxygen atoms in total. The Morgan fingerprint density at radius 3 is 1.27 bits per heavy atom. The lowest BCUT2D eigenvalue weighted by atomic mass is 10.0. The highest BCUT2D eigenvalue weighted by molar-refractivity contribution is 9.09. The van der Waals surface area contributed by atoms with Crippen LogP contribution in [0.3, 0.4) is 0 Å². The second-order valence-electron chi connectivity index (χ2n) is 6.22. The van der Waals surface area contributed by atoms with Gasteiger partial charge in [0, 0.05) is 11.9 Å². The molecule has 1 N–H and O–H groups in total. The van der Waals surface area contributed by atoms with E-state index in [1.807, 2.05) is 0 Å². The first-order chi connectivity index (χ1) is 10.8. The van der Waals surface area contributed by atoms with Gasteiger partial charge in [0.25, 0.3) is 0 Å². The van der Waals surface area contributed by atoms with Crippen molar-refractivity contribution in [2.24, 2.45) is 0 Å². The Kier molecular flexibility index (Phi) is 20.4. The molecule has 0 amide bonds. The molecule has 0 saturated heterocycles. The van der Waals surface area contributed by atoms with Crippen LogP contribution in [-0.2, 0) is 0 Å². The van der Waals surface area contributed by atoms with Crippen LogP contribution in [0, 0.1) is 0 Å². The van der Waals surface area contributed by atoms with Gasteiger partial charge in [0.1, 0.15) is 4.32 Å². The largest absolute Gasteiger partial charge is 0.371 e. The summed E-state index contributed by atoms with van der Waals surface area (Å²) in [5, 5.41) is 4.26. The molecule has 0 unspecified atom stereocenters. The number of nitrogens with one attached hydrogen (secondary N) is 1. The summed E-state index contributed by atoms with van der Waals surface area (Å²) in [5.41, 5.74) is 0. The summed E-state index contributed by atoms with van der Waals surface area (Å²) >= 11 is 12.4. The normalized spacial score (nSPS) is 10.8. The Morgan fingerprint density at radius 2 is 0.955 bits per heavy atom. The maximum atomic E-state index is 4.86. The van der Waals surface area contributed by atoms with Crippen LogP contribution in [0.4, 0.5) is 0 Å². The second kappa shape index (κ2) is 19.8. The van der Waals surface area contributed by atoms with Crippen molar-refractivity contribution in [3.05, 3.63) is 0 Å². The Hall–Kier alpha value is 0.720. The first-order valence-corrected chi connectivity index (χ1v) is 11.3. The average Bonchev–Trinajstić information content (AvgIpc) is 2.50. The number of thiol groups is 1. The molecule has 0 aliphatic heterocycles. The first kappa shape index (κ1) is 22.7. The molecule has 0 radical (unpaired) electrons. The third-order valence-corrected chi connectivity index (χ3v) is 4.95. The van der Waals surface area contributed by atoms with E-state index in [-0.39, 0.29) is 0 Å². The van der Waals surface area contributed by atoms with Crippen molar-refractivity contribution in [1.29, 1.82) is 0 Å². The molecule has 0 atom stereocenters. The fraction of sp³-hybridized carbons (Fsp3) is 0.944. The molecule has 0 aromatic carbocycles. The number of hydrogen-bond acceptors (Lipinski definition) is 1. The zero-order valence-electron chi connectivity index (χ0n) is 14.3. The van der Waals surface area contributed by atoms with E-state index in [0.717, 1.165) is 6.54 Å². The van der Waals surface area contributed by atoms with E-state index in [1.54, 1.807) is 0 Å². The lowest BCUT2D eigenvalue weighted by Crippen LogP contribution is -2.17. The van der Waals surface area contributed by atoms with E-state index >= 15 is 0 Å². The number of rotatable bonds is 17. The minimum absolute atomic E-state index is 0.624. The van der Waals surface area contributed by atoms with Crippen molar-refractivity contribution < 1.29 is 0 Å². The van der Waals surface area contributed by atoms with Gasteiger partial charge >= 0.3 is 0 Å². The molecule has 0 fully saturated rings. The number of hydrogen-bond donors (Lipinski definition) is 2. The highest BCUT2D eigenvalue weighted by Crippen LogP contribution is 2.13. The maximum Gasteiger partial charge on any atom is 0.130 e. The van der Waals surface area contributed by atoms with Crippen molar-refractivity contribution in [2.75, 3.05) is 11.9 Å². The summed E-state index contributed by atoms with van der Waals surface area (Å²) in [4.78, 5) is 0. The summed E-state index contributed by atoms with van der Waals surface area (Å²) in [6.45, 7) is 0.985. The van der Waals surface area contributed by atoms with Crippen molar-refractivity contribution in [3.8, 4) is 0 Å². The molecule has 0 rings (SSSR count). The van der Waals surface area contributed by atoms with Gasteiger partial charge in [-0.25, -0.2) is 0 Å². The van der Waals surface area contributed by atoms with Crippen LogP contribution in [0.15, 0.2) is 0 Å². The van der Waals surface area contributed by atoms with Crippen molar-refractivity contribution >= 4 is 45.1 Å². The van der Waals surface area contributed by atoms with Crippen molar-refractivity contribution in [2.45, 2.75) is 96.3 Å². The molecule has 4 heteroatoms. The standard InChI is InChI=1S/C18H36BrNS2/c19-16-14-12-10-8-6-4-2-1-3-5-7-9-11-13-15-17-20-18(21)22/h1-17H2,(H2,20,21,22). The minimum atomic E-state index is 0.624. The smallest absolute Gasteiger partial charge is 0.130 e. The Labute approximate surface area is 158 Å². The lowest BCUT2D eigenvalue weighted by molar-refractivity contribution is 0.532. The third kappa shape index (κ3) is 20.7. The molecule has 0 heterocycles. The van der Waals surface area contributed by atoms with Crippen molar-refractivity contribution in [3.63, 3.8) is 0 Å². The Morgan fingerprint density at radius 1 is 0.636 bits per heavy atom. The summed E-state index contributed by atoms with van der Waals surface area (Å²) in [7, 11) is 0. The summed E-state index contributed by atoms with van der Waals surface area (Å²) < 4.78 is 0.624. The van der Waals surface area contributed by atoms with Gasteiger partial charge in [0.2, 0.25) is 0 Å². The van der Waals surface area contributed by atoms with Gasteiger partial charge < -0.3 is 5.32 Å². The zero-order chi connectivity index (χ0) is 16.3. The summed E-state index contributed by atoms with van der Waals surface area (Å²) in [5.74, 6) is 0.